The Balaban J connectivity index is 1.90. The van der Waals surface area contributed by atoms with E-state index in [0.717, 1.165) is 17.0 Å². The summed E-state index contributed by atoms with van der Waals surface area (Å²) in [5, 5.41) is 0. The molecule has 0 radical (unpaired) electrons. The normalized spacial score (nSPS) is 10.8. The Labute approximate surface area is 136 Å². The van der Waals surface area contributed by atoms with Crippen molar-refractivity contribution in [3.05, 3.63) is 96.7 Å². The predicted molar refractivity (Wildman–Crippen MR) is 96.1 cm³/mol. The Kier molecular flexibility index (Phi) is 4.34. The summed E-state index contributed by atoms with van der Waals surface area (Å²) in [5.74, 6) is -0.0105. The number of carbonyl (C=O) groups excluding carboxylic acids is 1. The van der Waals surface area contributed by atoms with Gasteiger partial charge in [-0.15, -0.1) is 0 Å². The third-order valence-corrected chi connectivity index (χ3v) is 3.67. The molecule has 0 N–H and O–H groups in total. The standard InChI is InChI=1S/C21H17NO/c1-2-22-19(13-15-20(22)17-9-5-3-6-10-17)14-16-21(23)18-11-7-4-8-12-18/h2-16H,1H2/b16-14+. The first kappa shape index (κ1) is 14.8. The van der Waals surface area contributed by atoms with E-state index in [4.69, 9.17) is 0 Å². The van der Waals surface area contributed by atoms with E-state index in [0.29, 0.717) is 5.56 Å². The van der Waals surface area contributed by atoms with Crippen LogP contribution in [0.3, 0.4) is 0 Å². The highest BCUT2D eigenvalue weighted by molar-refractivity contribution is 6.06. The highest BCUT2D eigenvalue weighted by Crippen LogP contribution is 2.23. The fraction of sp³-hybridized carbons (Fsp3) is 0. The number of carbonyl (C=O) groups is 1. The van der Waals surface area contributed by atoms with Crippen molar-refractivity contribution in [1.82, 2.24) is 4.57 Å². The van der Waals surface area contributed by atoms with Gasteiger partial charge in [0, 0.05) is 17.5 Å². The van der Waals surface area contributed by atoms with Crippen LogP contribution in [-0.2, 0) is 0 Å². The molecule has 2 nitrogen and oxygen atoms in total. The van der Waals surface area contributed by atoms with Crippen molar-refractivity contribution < 1.29 is 4.79 Å². The van der Waals surface area contributed by atoms with Gasteiger partial charge in [-0.1, -0.05) is 67.2 Å². The van der Waals surface area contributed by atoms with Crippen molar-refractivity contribution in [2.45, 2.75) is 0 Å². The van der Waals surface area contributed by atoms with Gasteiger partial charge in [0.2, 0.25) is 0 Å². The van der Waals surface area contributed by atoms with Gasteiger partial charge in [-0.2, -0.15) is 0 Å². The Morgan fingerprint density at radius 1 is 0.870 bits per heavy atom. The zero-order chi connectivity index (χ0) is 16.1. The van der Waals surface area contributed by atoms with Gasteiger partial charge in [0.25, 0.3) is 0 Å². The SMILES string of the molecule is C=Cn1c(/C=C/C(=O)c2ccccc2)ccc1-c1ccccc1. The molecule has 0 aliphatic carbocycles. The van der Waals surface area contributed by atoms with Crippen LogP contribution in [0.4, 0.5) is 0 Å². The number of benzene rings is 2. The fourth-order valence-corrected chi connectivity index (χ4v) is 2.51. The van der Waals surface area contributed by atoms with Crippen LogP contribution in [0.15, 0.2) is 85.5 Å². The minimum atomic E-state index is -0.0105. The molecule has 0 aliphatic rings. The topological polar surface area (TPSA) is 22.0 Å². The average Bonchev–Trinajstić information content (AvgIpc) is 3.04. The summed E-state index contributed by atoms with van der Waals surface area (Å²) in [5.41, 5.74) is 3.76. The van der Waals surface area contributed by atoms with Gasteiger partial charge in [-0.05, 0) is 29.8 Å². The Hall–Kier alpha value is -3.13. The molecule has 0 spiro atoms. The Bertz CT molecular complexity index is 842. The lowest BCUT2D eigenvalue weighted by Crippen LogP contribution is -1.95. The number of aromatic nitrogens is 1. The Morgan fingerprint density at radius 2 is 1.52 bits per heavy atom. The lowest BCUT2D eigenvalue weighted by Gasteiger charge is -2.06. The van der Waals surface area contributed by atoms with Gasteiger partial charge < -0.3 is 4.57 Å². The maximum Gasteiger partial charge on any atom is 0.185 e. The molecule has 0 atom stereocenters. The summed E-state index contributed by atoms with van der Waals surface area (Å²) >= 11 is 0. The van der Waals surface area contributed by atoms with Crippen LogP contribution >= 0.6 is 0 Å². The van der Waals surface area contributed by atoms with Gasteiger partial charge in [0.15, 0.2) is 5.78 Å². The molecule has 23 heavy (non-hydrogen) atoms. The van der Waals surface area contributed by atoms with Crippen molar-refractivity contribution in [1.29, 1.82) is 0 Å². The number of nitrogens with zero attached hydrogens (tertiary/aromatic N) is 1. The molecule has 0 bridgehead atoms. The first-order chi connectivity index (χ1) is 11.3. The number of allylic oxidation sites excluding steroid dienone is 1. The third-order valence-electron chi connectivity index (χ3n) is 3.67. The van der Waals surface area contributed by atoms with Gasteiger partial charge in [0.05, 0.1) is 5.69 Å². The zero-order valence-electron chi connectivity index (χ0n) is 12.7. The van der Waals surface area contributed by atoms with Crippen LogP contribution < -0.4 is 0 Å². The van der Waals surface area contributed by atoms with Crippen LogP contribution in [0, 0.1) is 0 Å². The molecule has 0 amide bonds. The van der Waals surface area contributed by atoms with Crippen molar-refractivity contribution in [3.63, 3.8) is 0 Å². The molecular formula is C21H17NO. The van der Waals surface area contributed by atoms with Gasteiger partial charge in [-0.3, -0.25) is 4.79 Å². The monoisotopic (exact) mass is 299 g/mol. The van der Waals surface area contributed by atoms with Crippen LogP contribution in [-0.4, -0.2) is 10.4 Å². The molecule has 1 heterocycles. The molecule has 0 fully saturated rings. The highest BCUT2D eigenvalue weighted by Gasteiger charge is 2.06. The average molecular weight is 299 g/mol. The number of hydrogen-bond acceptors (Lipinski definition) is 1. The zero-order valence-corrected chi connectivity index (χ0v) is 12.7. The highest BCUT2D eigenvalue weighted by atomic mass is 16.1. The second kappa shape index (κ2) is 6.75. The van der Waals surface area contributed by atoms with E-state index in [1.54, 1.807) is 12.3 Å². The molecule has 112 valence electrons. The fourth-order valence-electron chi connectivity index (χ4n) is 2.51. The van der Waals surface area contributed by atoms with E-state index in [1.165, 1.54) is 0 Å². The van der Waals surface area contributed by atoms with Crippen LogP contribution in [0.1, 0.15) is 16.1 Å². The molecule has 2 aromatic carbocycles. The van der Waals surface area contributed by atoms with Crippen molar-refractivity contribution in [3.8, 4) is 11.3 Å². The summed E-state index contributed by atoms with van der Waals surface area (Å²) < 4.78 is 1.98. The van der Waals surface area contributed by atoms with E-state index < -0.39 is 0 Å². The molecular weight excluding hydrogens is 282 g/mol. The maximum atomic E-state index is 12.2. The van der Waals surface area contributed by atoms with Crippen LogP contribution in [0.25, 0.3) is 23.5 Å². The molecule has 0 aliphatic heterocycles. The molecule has 0 unspecified atom stereocenters. The molecule has 3 aromatic rings. The number of ketones is 1. The molecule has 0 saturated heterocycles. The molecule has 1 aromatic heterocycles. The molecule has 2 heteroatoms. The summed E-state index contributed by atoms with van der Waals surface area (Å²) in [6.45, 7) is 3.88. The number of rotatable bonds is 5. The van der Waals surface area contributed by atoms with Crippen LogP contribution in [0.2, 0.25) is 0 Å². The van der Waals surface area contributed by atoms with E-state index >= 15 is 0 Å². The lowest BCUT2D eigenvalue weighted by atomic mass is 10.1. The summed E-state index contributed by atoms with van der Waals surface area (Å²) in [7, 11) is 0. The van der Waals surface area contributed by atoms with Crippen molar-refractivity contribution in [2.75, 3.05) is 0 Å². The second-order valence-electron chi connectivity index (χ2n) is 5.13. The smallest absolute Gasteiger partial charge is 0.185 e. The third kappa shape index (κ3) is 3.22. The summed E-state index contributed by atoms with van der Waals surface area (Å²) in [4.78, 5) is 12.2. The maximum absolute atomic E-state index is 12.2. The molecule has 3 rings (SSSR count). The van der Waals surface area contributed by atoms with Crippen molar-refractivity contribution >= 4 is 18.1 Å². The van der Waals surface area contributed by atoms with Crippen LogP contribution in [0.5, 0.6) is 0 Å². The summed E-state index contributed by atoms with van der Waals surface area (Å²) in [6.07, 6.45) is 5.18. The van der Waals surface area contributed by atoms with E-state index in [1.807, 2.05) is 71.3 Å². The largest absolute Gasteiger partial charge is 0.317 e. The number of hydrogen-bond donors (Lipinski definition) is 0. The second-order valence-corrected chi connectivity index (χ2v) is 5.13. The van der Waals surface area contributed by atoms with E-state index in [2.05, 4.69) is 18.7 Å². The Morgan fingerprint density at radius 3 is 2.17 bits per heavy atom. The van der Waals surface area contributed by atoms with Gasteiger partial charge in [-0.25, -0.2) is 0 Å². The van der Waals surface area contributed by atoms with Gasteiger partial charge in [0.1, 0.15) is 0 Å². The first-order valence-corrected chi connectivity index (χ1v) is 7.46. The predicted octanol–water partition coefficient (Wildman–Crippen LogP) is 5.15. The summed E-state index contributed by atoms with van der Waals surface area (Å²) in [6, 6.07) is 23.4. The minimum absolute atomic E-state index is 0.0105. The molecule has 0 saturated carbocycles. The van der Waals surface area contributed by atoms with Gasteiger partial charge >= 0.3 is 0 Å². The van der Waals surface area contributed by atoms with Crippen molar-refractivity contribution in [2.24, 2.45) is 0 Å². The minimum Gasteiger partial charge on any atom is -0.317 e. The quantitative estimate of drug-likeness (QED) is 0.471. The van der Waals surface area contributed by atoms with E-state index in [9.17, 15) is 4.79 Å². The first-order valence-electron chi connectivity index (χ1n) is 7.46. The van der Waals surface area contributed by atoms with E-state index in [-0.39, 0.29) is 5.78 Å². The lowest BCUT2D eigenvalue weighted by molar-refractivity contribution is 0.104.